The van der Waals surface area contributed by atoms with Gasteiger partial charge in [0.1, 0.15) is 11.8 Å². The van der Waals surface area contributed by atoms with Crippen LogP contribution in [-0.4, -0.2) is 12.5 Å². The Morgan fingerprint density at radius 2 is 1.64 bits per heavy atom. The average Bonchev–Trinajstić information content (AvgIpc) is 2.72. The maximum absolute atomic E-state index is 13.1. The third-order valence-corrected chi connectivity index (χ3v) is 4.66. The van der Waals surface area contributed by atoms with Gasteiger partial charge < -0.3 is 10.1 Å². The van der Waals surface area contributed by atoms with Gasteiger partial charge in [0.2, 0.25) is 5.91 Å². The van der Waals surface area contributed by atoms with Crippen LogP contribution in [0.15, 0.2) is 78.9 Å². The Morgan fingerprint density at radius 3 is 2.39 bits per heavy atom. The van der Waals surface area contributed by atoms with Gasteiger partial charge in [0.05, 0.1) is 12.3 Å². The van der Waals surface area contributed by atoms with Crippen molar-refractivity contribution < 1.29 is 9.53 Å². The first-order chi connectivity index (χ1) is 13.7. The molecule has 2 N–H and O–H groups in total. The minimum absolute atomic E-state index is 0.162. The first-order valence-corrected chi connectivity index (χ1v) is 9.61. The fraction of sp³-hybridized carbons (Fsp3) is 0.174. The lowest BCUT2D eigenvalue weighted by molar-refractivity contribution is -0.118. The van der Waals surface area contributed by atoms with Gasteiger partial charge >= 0.3 is 0 Å². The van der Waals surface area contributed by atoms with Crippen LogP contribution in [0, 0.1) is 0 Å². The molecule has 1 unspecified atom stereocenters. The number of hydrogen-bond donors (Lipinski definition) is 2. The van der Waals surface area contributed by atoms with E-state index in [9.17, 15) is 4.79 Å². The summed E-state index contributed by atoms with van der Waals surface area (Å²) in [6.45, 7) is 2.91. The summed E-state index contributed by atoms with van der Waals surface area (Å²) in [6.07, 6.45) is 0. The van der Waals surface area contributed by atoms with Crippen molar-refractivity contribution in [3.05, 3.63) is 95.0 Å². The number of benzene rings is 3. The second-order valence-electron chi connectivity index (χ2n) is 6.23. The van der Waals surface area contributed by atoms with Crippen LogP contribution in [0.1, 0.15) is 24.1 Å². The molecule has 0 heterocycles. The highest BCUT2D eigenvalue weighted by molar-refractivity contribution is 6.31. The lowest BCUT2D eigenvalue weighted by atomic mass is 10.1. The van der Waals surface area contributed by atoms with Crippen LogP contribution in [0.25, 0.3) is 0 Å². The number of ether oxygens (including phenoxy) is 1. The molecule has 0 saturated carbocycles. The van der Waals surface area contributed by atoms with Gasteiger partial charge in [-0.15, -0.1) is 0 Å². The van der Waals surface area contributed by atoms with E-state index in [0.717, 1.165) is 11.1 Å². The number of carbonyl (C=O) groups excluding carboxylic acids is 1. The molecule has 3 aromatic carbocycles. The normalized spacial score (nSPS) is 11.6. The van der Waals surface area contributed by atoms with E-state index < -0.39 is 6.04 Å². The van der Waals surface area contributed by atoms with Crippen molar-refractivity contribution in [1.29, 1.82) is 0 Å². The van der Waals surface area contributed by atoms with Gasteiger partial charge in [-0.3, -0.25) is 10.1 Å². The summed E-state index contributed by atoms with van der Waals surface area (Å²) in [5.74, 6) is 0.488. The molecular formula is C23H23ClN2O2. The van der Waals surface area contributed by atoms with Gasteiger partial charge in [-0.2, -0.15) is 0 Å². The number of hydrogen-bond acceptors (Lipinski definition) is 3. The topological polar surface area (TPSA) is 50.4 Å². The van der Waals surface area contributed by atoms with E-state index >= 15 is 0 Å². The number of nitrogens with one attached hydrogen (secondary N) is 2. The predicted octanol–water partition coefficient (Wildman–Crippen LogP) is 5.21. The maximum atomic E-state index is 13.1. The minimum Gasteiger partial charge on any atom is -0.492 e. The van der Waals surface area contributed by atoms with E-state index in [1.165, 1.54) is 0 Å². The van der Waals surface area contributed by atoms with E-state index in [1.54, 1.807) is 0 Å². The Balaban J connectivity index is 1.81. The third kappa shape index (κ3) is 5.12. The summed E-state index contributed by atoms with van der Waals surface area (Å²) in [6, 6.07) is 24.1. The molecule has 0 spiro atoms. The number of para-hydroxylation sites is 2. The molecule has 0 aliphatic carbocycles. The SMILES string of the molecule is CCOc1ccccc1NC(=O)C(NCc1ccccc1Cl)c1ccccc1. The summed E-state index contributed by atoms with van der Waals surface area (Å²) in [7, 11) is 0. The largest absolute Gasteiger partial charge is 0.492 e. The fourth-order valence-corrected chi connectivity index (χ4v) is 3.12. The molecule has 0 bridgehead atoms. The lowest BCUT2D eigenvalue weighted by Crippen LogP contribution is -2.33. The van der Waals surface area contributed by atoms with Crippen LogP contribution in [0.4, 0.5) is 5.69 Å². The van der Waals surface area contributed by atoms with Crippen molar-refractivity contribution in [1.82, 2.24) is 5.32 Å². The number of rotatable bonds is 8. The standard InChI is InChI=1S/C23H23ClN2O2/c1-2-28-21-15-9-8-14-20(21)26-23(27)22(17-10-4-3-5-11-17)25-16-18-12-6-7-13-19(18)24/h3-15,22,25H,2,16H2,1H3,(H,26,27). The maximum Gasteiger partial charge on any atom is 0.246 e. The van der Waals surface area contributed by atoms with Gasteiger partial charge in [-0.25, -0.2) is 0 Å². The van der Waals surface area contributed by atoms with Crippen LogP contribution in [0.2, 0.25) is 5.02 Å². The minimum atomic E-state index is -0.535. The fourth-order valence-electron chi connectivity index (χ4n) is 2.92. The molecular weight excluding hydrogens is 372 g/mol. The summed E-state index contributed by atoms with van der Waals surface area (Å²) in [4.78, 5) is 13.1. The van der Waals surface area contributed by atoms with Crippen molar-refractivity contribution in [2.45, 2.75) is 19.5 Å². The second-order valence-corrected chi connectivity index (χ2v) is 6.64. The zero-order chi connectivity index (χ0) is 19.8. The summed E-state index contributed by atoms with van der Waals surface area (Å²) in [5, 5.41) is 6.98. The molecule has 28 heavy (non-hydrogen) atoms. The Hall–Kier alpha value is -2.82. The Morgan fingerprint density at radius 1 is 0.964 bits per heavy atom. The number of carbonyl (C=O) groups is 1. The first kappa shape index (κ1) is 19.9. The van der Waals surface area contributed by atoms with Gasteiger partial charge in [-0.05, 0) is 36.2 Å². The van der Waals surface area contributed by atoms with Crippen LogP contribution in [0.5, 0.6) is 5.75 Å². The van der Waals surface area contributed by atoms with Crippen LogP contribution >= 0.6 is 11.6 Å². The predicted molar refractivity (Wildman–Crippen MR) is 114 cm³/mol. The lowest BCUT2D eigenvalue weighted by Gasteiger charge is -2.20. The Kier molecular flexibility index (Phi) is 7.06. The molecule has 0 aliphatic heterocycles. The first-order valence-electron chi connectivity index (χ1n) is 9.23. The van der Waals surface area contributed by atoms with E-state index in [0.29, 0.717) is 29.6 Å². The Labute approximate surface area is 170 Å². The number of halogens is 1. The zero-order valence-corrected chi connectivity index (χ0v) is 16.4. The van der Waals surface area contributed by atoms with Crippen molar-refractivity contribution in [3.63, 3.8) is 0 Å². The molecule has 0 aliphatic rings. The van der Waals surface area contributed by atoms with Crippen molar-refractivity contribution in [2.24, 2.45) is 0 Å². The van der Waals surface area contributed by atoms with Gasteiger partial charge in [0.25, 0.3) is 0 Å². The molecule has 0 saturated heterocycles. The summed E-state index contributed by atoms with van der Waals surface area (Å²) >= 11 is 6.26. The van der Waals surface area contributed by atoms with Crippen LogP contribution < -0.4 is 15.4 Å². The number of amides is 1. The molecule has 3 rings (SSSR count). The molecule has 0 radical (unpaired) electrons. The smallest absolute Gasteiger partial charge is 0.246 e. The summed E-state index contributed by atoms with van der Waals surface area (Å²) in [5.41, 5.74) is 2.46. The molecule has 5 heteroatoms. The van der Waals surface area contributed by atoms with Crippen molar-refractivity contribution >= 4 is 23.2 Å². The highest BCUT2D eigenvalue weighted by atomic mass is 35.5. The molecule has 0 fully saturated rings. The number of anilines is 1. The molecule has 144 valence electrons. The molecule has 3 aromatic rings. The second kappa shape index (κ2) is 9.93. The molecule has 0 aromatic heterocycles. The quantitative estimate of drug-likeness (QED) is 0.551. The van der Waals surface area contributed by atoms with Gasteiger partial charge in [0.15, 0.2) is 0 Å². The molecule has 1 atom stereocenters. The summed E-state index contributed by atoms with van der Waals surface area (Å²) < 4.78 is 5.62. The van der Waals surface area contributed by atoms with Gasteiger partial charge in [-0.1, -0.05) is 72.3 Å². The van der Waals surface area contributed by atoms with Crippen molar-refractivity contribution in [2.75, 3.05) is 11.9 Å². The van der Waals surface area contributed by atoms with E-state index in [-0.39, 0.29) is 5.91 Å². The highest BCUT2D eigenvalue weighted by Gasteiger charge is 2.21. The monoisotopic (exact) mass is 394 g/mol. The highest BCUT2D eigenvalue weighted by Crippen LogP contribution is 2.26. The molecule has 1 amide bonds. The average molecular weight is 395 g/mol. The zero-order valence-electron chi connectivity index (χ0n) is 15.7. The van der Waals surface area contributed by atoms with Crippen LogP contribution in [-0.2, 0) is 11.3 Å². The molecule has 4 nitrogen and oxygen atoms in total. The van der Waals surface area contributed by atoms with Gasteiger partial charge in [0, 0.05) is 11.6 Å². The van der Waals surface area contributed by atoms with E-state index in [1.807, 2.05) is 85.8 Å². The van der Waals surface area contributed by atoms with E-state index in [2.05, 4.69) is 10.6 Å². The third-order valence-electron chi connectivity index (χ3n) is 4.29. The van der Waals surface area contributed by atoms with E-state index in [4.69, 9.17) is 16.3 Å². The Bertz CT molecular complexity index is 915. The van der Waals surface area contributed by atoms with Crippen LogP contribution in [0.3, 0.4) is 0 Å². The van der Waals surface area contributed by atoms with Crippen molar-refractivity contribution in [3.8, 4) is 5.75 Å².